The van der Waals surface area contributed by atoms with Crippen molar-refractivity contribution < 1.29 is 8.42 Å². The SMILES string of the molecule is Cc1cccc(NC2CS(=O)(=O)CC2N(C)C)c1. The van der Waals surface area contributed by atoms with E-state index in [1.54, 1.807) is 0 Å². The Balaban J connectivity index is 2.17. The van der Waals surface area contributed by atoms with Crippen LogP contribution in [0.2, 0.25) is 0 Å². The average molecular weight is 268 g/mol. The monoisotopic (exact) mass is 268 g/mol. The maximum absolute atomic E-state index is 11.7. The number of aryl methyl sites for hydroxylation is 1. The zero-order valence-electron chi connectivity index (χ0n) is 11.1. The molecule has 0 aliphatic carbocycles. The topological polar surface area (TPSA) is 49.4 Å². The van der Waals surface area contributed by atoms with E-state index in [1.165, 1.54) is 5.56 Å². The molecule has 5 heteroatoms. The van der Waals surface area contributed by atoms with Gasteiger partial charge in [0.1, 0.15) is 0 Å². The van der Waals surface area contributed by atoms with Crippen molar-refractivity contribution in [3.8, 4) is 0 Å². The molecule has 0 amide bonds. The van der Waals surface area contributed by atoms with Gasteiger partial charge in [-0.05, 0) is 38.7 Å². The van der Waals surface area contributed by atoms with Crippen molar-refractivity contribution in [1.29, 1.82) is 0 Å². The van der Waals surface area contributed by atoms with Crippen molar-refractivity contribution in [1.82, 2.24) is 4.90 Å². The summed E-state index contributed by atoms with van der Waals surface area (Å²) in [5.41, 5.74) is 2.16. The second kappa shape index (κ2) is 4.90. The minimum atomic E-state index is -2.92. The number of hydrogen-bond donors (Lipinski definition) is 1. The largest absolute Gasteiger partial charge is 0.380 e. The van der Waals surface area contributed by atoms with Crippen molar-refractivity contribution in [2.75, 3.05) is 30.9 Å². The molecule has 1 aromatic carbocycles. The number of nitrogens with zero attached hydrogens (tertiary/aromatic N) is 1. The Morgan fingerprint density at radius 3 is 2.61 bits per heavy atom. The first-order valence-electron chi connectivity index (χ1n) is 6.07. The van der Waals surface area contributed by atoms with E-state index in [1.807, 2.05) is 50.2 Å². The molecule has 0 bridgehead atoms. The Labute approximate surface area is 109 Å². The Morgan fingerprint density at radius 1 is 1.28 bits per heavy atom. The van der Waals surface area contributed by atoms with E-state index in [0.717, 1.165) is 5.69 Å². The van der Waals surface area contributed by atoms with E-state index >= 15 is 0 Å². The van der Waals surface area contributed by atoms with Gasteiger partial charge in [0.05, 0.1) is 17.5 Å². The highest BCUT2D eigenvalue weighted by molar-refractivity contribution is 7.91. The minimum absolute atomic E-state index is 0.0354. The highest BCUT2D eigenvalue weighted by Gasteiger charge is 2.38. The van der Waals surface area contributed by atoms with E-state index in [4.69, 9.17) is 0 Å². The number of likely N-dealkylation sites (N-methyl/N-ethyl adjacent to an activating group) is 1. The summed E-state index contributed by atoms with van der Waals surface area (Å²) < 4.78 is 23.5. The summed E-state index contributed by atoms with van der Waals surface area (Å²) >= 11 is 0. The molecule has 1 aliphatic rings. The van der Waals surface area contributed by atoms with Crippen LogP contribution in [0, 0.1) is 6.92 Å². The number of anilines is 1. The summed E-state index contributed by atoms with van der Waals surface area (Å²) in [6, 6.07) is 8.02. The van der Waals surface area contributed by atoms with Crippen LogP contribution in [0.4, 0.5) is 5.69 Å². The van der Waals surface area contributed by atoms with Crippen molar-refractivity contribution in [3.05, 3.63) is 29.8 Å². The van der Waals surface area contributed by atoms with Gasteiger partial charge in [-0.15, -0.1) is 0 Å². The third-order valence-corrected chi connectivity index (χ3v) is 5.07. The van der Waals surface area contributed by atoms with Crippen molar-refractivity contribution in [3.63, 3.8) is 0 Å². The minimum Gasteiger partial charge on any atom is -0.380 e. The standard InChI is InChI=1S/C13H20N2O2S/c1-10-5-4-6-11(7-10)14-12-8-18(16,17)9-13(12)15(2)3/h4-7,12-14H,8-9H2,1-3H3. The third kappa shape index (κ3) is 3.03. The lowest BCUT2D eigenvalue weighted by Crippen LogP contribution is -2.42. The van der Waals surface area contributed by atoms with Gasteiger partial charge in [0.2, 0.25) is 0 Å². The molecule has 2 atom stereocenters. The van der Waals surface area contributed by atoms with E-state index in [9.17, 15) is 8.42 Å². The molecule has 0 spiro atoms. The predicted molar refractivity (Wildman–Crippen MR) is 74.7 cm³/mol. The fourth-order valence-electron chi connectivity index (χ4n) is 2.42. The molecular weight excluding hydrogens is 248 g/mol. The molecule has 4 nitrogen and oxygen atoms in total. The molecule has 1 aromatic rings. The highest BCUT2D eigenvalue weighted by Crippen LogP contribution is 2.21. The van der Waals surface area contributed by atoms with Gasteiger partial charge in [-0.3, -0.25) is 0 Å². The molecule has 1 aliphatic heterocycles. The van der Waals surface area contributed by atoms with E-state index < -0.39 is 9.84 Å². The Hall–Kier alpha value is -1.07. The maximum atomic E-state index is 11.7. The lowest BCUT2D eigenvalue weighted by molar-refractivity contribution is 0.304. The lowest BCUT2D eigenvalue weighted by Gasteiger charge is -2.26. The van der Waals surface area contributed by atoms with Crippen LogP contribution in [0.25, 0.3) is 0 Å². The predicted octanol–water partition coefficient (Wildman–Crippen LogP) is 1.13. The van der Waals surface area contributed by atoms with Crippen LogP contribution in [0.15, 0.2) is 24.3 Å². The molecular formula is C13H20N2O2S. The zero-order valence-corrected chi connectivity index (χ0v) is 11.9. The van der Waals surface area contributed by atoms with Crippen molar-refractivity contribution in [2.24, 2.45) is 0 Å². The Morgan fingerprint density at radius 2 is 2.00 bits per heavy atom. The fraction of sp³-hybridized carbons (Fsp3) is 0.538. The van der Waals surface area contributed by atoms with Crippen LogP contribution in [-0.2, 0) is 9.84 Å². The zero-order chi connectivity index (χ0) is 13.3. The second-order valence-corrected chi connectivity index (χ2v) is 7.38. The molecule has 0 aromatic heterocycles. The quantitative estimate of drug-likeness (QED) is 0.893. The molecule has 1 saturated heterocycles. The average Bonchev–Trinajstić information content (AvgIpc) is 2.54. The van der Waals surface area contributed by atoms with E-state index in [-0.39, 0.29) is 23.6 Å². The summed E-state index contributed by atoms with van der Waals surface area (Å²) in [5.74, 6) is 0.452. The summed E-state index contributed by atoms with van der Waals surface area (Å²) in [5, 5.41) is 3.35. The van der Waals surface area contributed by atoms with Crippen LogP contribution >= 0.6 is 0 Å². The van der Waals surface area contributed by atoms with Crippen molar-refractivity contribution in [2.45, 2.75) is 19.0 Å². The van der Waals surface area contributed by atoms with Crippen LogP contribution < -0.4 is 5.32 Å². The van der Waals surface area contributed by atoms with Crippen LogP contribution in [0.3, 0.4) is 0 Å². The highest BCUT2D eigenvalue weighted by atomic mass is 32.2. The van der Waals surface area contributed by atoms with Gasteiger partial charge in [0.25, 0.3) is 0 Å². The fourth-order valence-corrected chi connectivity index (χ4v) is 4.46. The summed E-state index contributed by atoms with van der Waals surface area (Å²) in [4.78, 5) is 1.98. The Bertz CT molecular complexity index is 526. The third-order valence-electron chi connectivity index (χ3n) is 3.36. The first kappa shape index (κ1) is 13.4. The van der Waals surface area contributed by atoms with Gasteiger partial charge in [-0.25, -0.2) is 8.42 Å². The second-order valence-electron chi connectivity index (χ2n) is 5.23. The summed E-state index contributed by atoms with van der Waals surface area (Å²) in [7, 11) is 0.930. The molecule has 1 fully saturated rings. The Kier molecular flexibility index (Phi) is 3.64. The van der Waals surface area contributed by atoms with Crippen molar-refractivity contribution >= 4 is 15.5 Å². The number of rotatable bonds is 3. The molecule has 18 heavy (non-hydrogen) atoms. The number of sulfone groups is 1. The van der Waals surface area contributed by atoms with Crippen LogP contribution in [0.1, 0.15) is 5.56 Å². The first-order valence-corrected chi connectivity index (χ1v) is 7.89. The lowest BCUT2D eigenvalue weighted by atomic mass is 10.1. The van der Waals surface area contributed by atoms with Gasteiger partial charge in [-0.2, -0.15) is 0 Å². The van der Waals surface area contributed by atoms with Gasteiger partial charge in [-0.1, -0.05) is 12.1 Å². The molecule has 2 unspecified atom stereocenters. The number of benzene rings is 1. The summed E-state index contributed by atoms with van der Waals surface area (Å²) in [6.45, 7) is 2.03. The normalized spacial score (nSPS) is 26.4. The van der Waals surface area contributed by atoms with Gasteiger partial charge in [0, 0.05) is 11.7 Å². The smallest absolute Gasteiger partial charge is 0.153 e. The van der Waals surface area contributed by atoms with Crippen LogP contribution in [0.5, 0.6) is 0 Å². The van der Waals surface area contributed by atoms with E-state index in [2.05, 4.69) is 5.32 Å². The van der Waals surface area contributed by atoms with Gasteiger partial charge < -0.3 is 10.2 Å². The van der Waals surface area contributed by atoms with E-state index in [0.29, 0.717) is 0 Å². The molecule has 0 radical (unpaired) electrons. The molecule has 0 saturated carbocycles. The molecule has 100 valence electrons. The number of nitrogens with one attached hydrogen (secondary N) is 1. The maximum Gasteiger partial charge on any atom is 0.153 e. The van der Waals surface area contributed by atoms with Gasteiger partial charge >= 0.3 is 0 Å². The summed E-state index contributed by atoms with van der Waals surface area (Å²) in [6.07, 6.45) is 0. The van der Waals surface area contributed by atoms with Gasteiger partial charge in [0.15, 0.2) is 9.84 Å². The molecule has 2 rings (SSSR count). The van der Waals surface area contributed by atoms with Crippen LogP contribution in [-0.4, -0.2) is 51.0 Å². The molecule has 1 heterocycles. The first-order chi connectivity index (χ1) is 8.37. The molecule has 1 N–H and O–H groups in total. The number of hydrogen-bond acceptors (Lipinski definition) is 4.